The Kier molecular flexibility index (Phi) is 3.79. The van der Waals surface area contributed by atoms with Gasteiger partial charge in [-0.25, -0.2) is 9.97 Å². The van der Waals surface area contributed by atoms with E-state index in [9.17, 15) is 15.2 Å². The van der Waals surface area contributed by atoms with Gasteiger partial charge in [-0.2, -0.15) is 5.10 Å². The van der Waals surface area contributed by atoms with Crippen molar-refractivity contribution < 1.29 is 10.0 Å². The number of non-ortho nitro benzene ring substituents is 1. The summed E-state index contributed by atoms with van der Waals surface area (Å²) in [6, 6.07) is 11.1. The van der Waals surface area contributed by atoms with Crippen molar-refractivity contribution in [3.8, 4) is 5.75 Å². The molecular formula is C15H11N5O3. The molecule has 0 spiro atoms. The third-order valence-electron chi connectivity index (χ3n) is 3.14. The predicted octanol–water partition coefficient (Wildman–Crippen LogP) is 2.69. The van der Waals surface area contributed by atoms with E-state index in [4.69, 9.17) is 0 Å². The van der Waals surface area contributed by atoms with Crippen LogP contribution in [-0.4, -0.2) is 26.2 Å². The minimum Gasteiger partial charge on any atom is -0.507 e. The van der Waals surface area contributed by atoms with Crippen molar-refractivity contribution in [1.82, 2.24) is 9.97 Å². The van der Waals surface area contributed by atoms with Gasteiger partial charge in [-0.3, -0.25) is 15.5 Å². The second-order valence-electron chi connectivity index (χ2n) is 4.61. The third-order valence-corrected chi connectivity index (χ3v) is 3.14. The van der Waals surface area contributed by atoms with E-state index < -0.39 is 4.92 Å². The highest BCUT2D eigenvalue weighted by Gasteiger charge is 2.08. The first-order valence-corrected chi connectivity index (χ1v) is 6.61. The first kappa shape index (κ1) is 14.4. The van der Waals surface area contributed by atoms with Crippen LogP contribution in [0.1, 0.15) is 5.56 Å². The van der Waals surface area contributed by atoms with Gasteiger partial charge in [-0.15, -0.1) is 0 Å². The van der Waals surface area contributed by atoms with Crippen LogP contribution < -0.4 is 5.43 Å². The number of para-hydroxylation sites is 1. The number of fused-ring (bicyclic) bond motifs is 1. The molecule has 23 heavy (non-hydrogen) atoms. The minimum atomic E-state index is -0.540. The number of aromatic hydroxyl groups is 1. The average Bonchev–Trinajstić information content (AvgIpc) is 2.56. The topological polar surface area (TPSA) is 114 Å². The number of anilines is 1. The average molecular weight is 309 g/mol. The molecule has 1 heterocycles. The van der Waals surface area contributed by atoms with Crippen LogP contribution in [0.5, 0.6) is 5.75 Å². The lowest BCUT2D eigenvalue weighted by molar-refractivity contribution is -0.384. The Morgan fingerprint density at radius 1 is 1.22 bits per heavy atom. The normalized spacial score (nSPS) is 11.0. The Balaban J connectivity index is 1.86. The number of phenolic OH excluding ortho intramolecular Hbond substituents is 1. The molecule has 0 atom stereocenters. The molecule has 0 saturated carbocycles. The van der Waals surface area contributed by atoms with Crippen LogP contribution in [0, 0.1) is 10.1 Å². The van der Waals surface area contributed by atoms with E-state index in [2.05, 4.69) is 20.5 Å². The number of nitro benzene ring substituents is 1. The number of aromatic nitrogens is 2. The van der Waals surface area contributed by atoms with Crippen molar-refractivity contribution in [1.29, 1.82) is 0 Å². The molecule has 0 bridgehead atoms. The Hall–Kier alpha value is -3.55. The fourth-order valence-electron chi connectivity index (χ4n) is 2.02. The Morgan fingerprint density at radius 2 is 2.04 bits per heavy atom. The number of nitrogens with one attached hydrogen (secondary N) is 1. The van der Waals surface area contributed by atoms with Crippen molar-refractivity contribution in [3.63, 3.8) is 0 Å². The van der Waals surface area contributed by atoms with Crippen molar-refractivity contribution >= 4 is 28.6 Å². The third kappa shape index (κ3) is 3.05. The Morgan fingerprint density at radius 3 is 2.87 bits per heavy atom. The van der Waals surface area contributed by atoms with E-state index in [0.29, 0.717) is 5.82 Å². The van der Waals surface area contributed by atoms with Gasteiger partial charge in [0.15, 0.2) is 5.82 Å². The number of phenols is 1. The summed E-state index contributed by atoms with van der Waals surface area (Å²) in [5.41, 5.74) is 3.61. The predicted molar refractivity (Wildman–Crippen MR) is 85.5 cm³/mol. The summed E-state index contributed by atoms with van der Waals surface area (Å²) in [6.45, 7) is 0. The molecule has 0 amide bonds. The second kappa shape index (κ2) is 6.06. The minimum absolute atomic E-state index is 0.103. The summed E-state index contributed by atoms with van der Waals surface area (Å²) in [5.74, 6) is 0.394. The highest BCUT2D eigenvalue weighted by atomic mass is 16.6. The van der Waals surface area contributed by atoms with Gasteiger partial charge in [0.1, 0.15) is 12.1 Å². The van der Waals surface area contributed by atoms with E-state index in [0.717, 1.165) is 10.9 Å². The zero-order chi connectivity index (χ0) is 16.2. The molecule has 114 valence electrons. The second-order valence-corrected chi connectivity index (χ2v) is 4.61. The number of benzene rings is 2. The van der Waals surface area contributed by atoms with Crippen LogP contribution >= 0.6 is 0 Å². The summed E-state index contributed by atoms with van der Waals surface area (Å²) in [7, 11) is 0. The smallest absolute Gasteiger partial charge is 0.270 e. The molecule has 0 unspecified atom stereocenters. The number of hydrogen-bond donors (Lipinski definition) is 2. The molecule has 3 aromatic rings. The van der Waals surface area contributed by atoms with E-state index in [1.165, 1.54) is 30.7 Å². The van der Waals surface area contributed by atoms with E-state index in [1.54, 1.807) is 0 Å². The molecule has 0 saturated heterocycles. The van der Waals surface area contributed by atoms with Crippen molar-refractivity contribution in [2.24, 2.45) is 5.10 Å². The van der Waals surface area contributed by atoms with Gasteiger partial charge in [0.25, 0.3) is 5.69 Å². The monoisotopic (exact) mass is 309 g/mol. The maximum atomic E-state index is 10.8. The maximum Gasteiger partial charge on any atom is 0.270 e. The molecule has 2 aromatic carbocycles. The molecular weight excluding hydrogens is 298 g/mol. The molecule has 3 rings (SSSR count). The van der Waals surface area contributed by atoms with Crippen molar-refractivity contribution in [3.05, 3.63) is 64.5 Å². The van der Waals surface area contributed by atoms with Gasteiger partial charge in [-0.1, -0.05) is 12.1 Å². The van der Waals surface area contributed by atoms with Gasteiger partial charge in [0.2, 0.25) is 0 Å². The highest BCUT2D eigenvalue weighted by molar-refractivity contribution is 5.90. The zero-order valence-corrected chi connectivity index (χ0v) is 11.7. The Labute approximate surface area is 130 Å². The largest absolute Gasteiger partial charge is 0.507 e. The van der Waals surface area contributed by atoms with Crippen molar-refractivity contribution in [2.75, 3.05) is 5.43 Å². The standard InChI is InChI=1S/C15H11N5O3/c21-14-6-5-11(20(22)23)7-10(14)8-18-19-15-12-3-1-2-4-13(12)16-9-17-15/h1-9,21H,(H,16,17,19)/b18-8+. The lowest BCUT2D eigenvalue weighted by Crippen LogP contribution is -1.96. The van der Waals surface area contributed by atoms with Gasteiger partial charge >= 0.3 is 0 Å². The van der Waals surface area contributed by atoms with E-state index in [-0.39, 0.29) is 17.0 Å². The molecule has 0 aliphatic heterocycles. The van der Waals surface area contributed by atoms with Crippen molar-refractivity contribution in [2.45, 2.75) is 0 Å². The Bertz CT molecular complexity index is 905. The van der Waals surface area contributed by atoms with Gasteiger partial charge in [-0.05, 0) is 18.2 Å². The van der Waals surface area contributed by atoms with E-state index in [1.807, 2.05) is 24.3 Å². The molecule has 0 aliphatic rings. The summed E-state index contributed by atoms with van der Waals surface area (Å²) in [5, 5.41) is 25.2. The quantitative estimate of drug-likeness (QED) is 0.435. The van der Waals surface area contributed by atoms with Crippen LogP contribution in [0.3, 0.4) is 0 Å². The molecule has 0 radical (unpaired) electrons. The summed E-state index contributed by atoms with van der Waals surface area (Å²) in [6.07, 6.45) is 2.70. The molecule has 2 N–H and O–H groups in total. The molecule has 0 aliphatic carbocycles. The van der Waals surface area contributed by atoms with Crippen LogP contribution in [0.15, 0.2) is 53.9 Å². The number of nitro groups is 1. The molecule has 0 fully saturated rings. The summed E-state index contributed by atoms with van der Waals surface area (Å²) < 4.78 is 0. The van der Waals surface area contributed by atoms with Gasteiger partial charge in [0, 0.05) is 23.1 Å². The molecule has 8 nitrogen and oxygen atoms in total. The first-order valence-electron chi connectivity index (χ1n) is 6.61. The van der Waals surface area contributed by atoms with Gasteiger partial charge in [0.05, 0.1) is 16.7 Å². The maximum absolute atomic E-state index is 10.8. The number of nitrogens with zero attached hydrogens (tertiary/aromatic N) is 4. The first-order chi connectivity index (χ1) is 11.1. The van der Waals surface area contributed by atoms with E-state index >= 15 is 0 Å². The van der Waals surface area contributed by atoms with Crippen LogP contribution in [-0.2, 0) is 0 Å². The van der Waals surface area contributed by atoms with Crippen LogP contribution in [0.25, 0.3) is 10.9 Å². The molecule has 1 aromatic heterocycles. The fourth-order valence-corrected chi connectivity index (χ4v) is 2.02. The lowest BCUT2D eigenvalue weighted by Gasteiger charge is -2.03. The molecule has 8 heteroatoms. The fraction of sp³-hybridized carbons (Fsp3) is 0. The number of rotatable bonds is 4. The highest BCUT2D eigenvalue weighted by Crippen LogP contribution is 2.22. The van der Waals surface area contributed by atoms with Crippen LogP contribution in [0.4, 0.5) is 11.5 Å². The summed E-state index contributed by atoms with van der Waals surface area (Å²) in [4.78, 5) is 18.4. The zero-order valence-electron chi connectivity index (χ0n) is 11.7. The number of hydrazone groups is 1. The lowest BCUT2D eigenvalue weighted by atomic mass is 10.2. The van der Waals surface area contributed by atoms with Crippen LogP contribution in [0.2, 0.25) is 0 Å². The summed E-state index contributed by atoms with van der Waals surface area (Å²) >= 11 is 0. The number of hydrogen-bond acceptors (Lipinski definition) is 7. The van der Waals surface area contributed by atoms with Gasteiger partial charge < -0.3 is 5.11 Å². The SMILES string of the molecule is O=[N+]([O-])c1ccc(O)c(/C=N/Nc2ncnc3ccccc23)c1.